The zero-order valence-corrected chi connectivity index (χ0v) is 9.85. The molecular weight excluding hydrogens is 226 g/mol. The van der Waals surface area contributed by atoms with Crippen LogP contribution in [0, 0.1) is 0 Å². The molecule has 0 aromatic carbocycles. The number of fused-ring (bicyclic) bond motifs is 1. The molecule has 0 atom stereocenters. The average molecular weight is 240 g/mol. The number of pyridine rings is 1. The van der Waals surface area contributed by atoms with E-state index in [4.69, 9.17) is 16.7 Å². The molecule has 0 radical (unpaired) electrons. The summed E-state index contributed by atoms with van der Waals surface area (Å²) in [5.41, 5.74) is 1.80. The molecule has 0 aliphatic carbocycles. The highest BCUT2D eigenvalue weighted by Crippen LogP contribution is 2.18. The largest absolute Gasteiger partial charge is 0.395 e. The van der Waals surface area contributed by atoms with E-state index in [9.17, 15) is 0 Å². The minimum atomic E-state index is 0.144. The Morgan fingerprint density at radius 3 is 3.06 bits per heavy atom. The maximum Gasteiger partial charge on any atom is 0.152 e. The molecule has 2 rings (SSSR count). The molecule has 0 amide bonds. The molecule has 0 aliphatic rings. The van der Waals surface area contributed by atoms with Crippen LogP contribution in [0.1, 0.15) is 5.69 Å². The van der Waals surface area contributed by atoms with Crippen molar-refractivity contribution in [2.45, 2.75) is 6.54 Å². The highest BCUT2D eigenvalue weighted by molar-refractivity contribution is 6.30. The van der Waals surface area contributed by atoms with E-state index in [1.807, 2.05) is 40.7 Å². The normalized spacial score (nSPS) is 11.5. The van der Waals surface area contributed by atoms with Crippen LogP contribution < -0.4 is 0 Å². The van der Waals surface area contributed by atoms with Crippen LogP contribution in [0.4, 0.5) is 0 Å². The van der Waals surface area contributed by atoms with E-state index >= 15 is 0 Å². The predicted octanol–water partition coefficient (Wildman–Crippen LogP) is 1.41. The van der Waals surface area contributed by atoms with Crippen LogP contribution in [0.2, 0.25) is 5.15 Å². The Morgan fingerprint density at radius 1 is 1.50 bits per heavy atom. The number of rotatable bonds is 4. The van der Waals surface area contributed by atoms with Gasteiger partial charge >= 0.3 is 0 Å². The lowest BCUT2D eigenvalue weighted by molar-refractivity contribution is 0.216. The van der Waals surface area contributed by atoms with Gasteiger partial charge in [0.05, 0.1) is 12.3 Å². The molecule has 0 aliphatic heterocycles. The van der Waals surface area contributed by atoms with Crippen molar-refractivity contribution in [2.24, 2.45) is 0 Å². The molecule has 0 bridgehead atoms. The molecule has 2 heterocycles. The number of aliphatic hydroxyl groups is 1. The third-order valence-electron chi connectivity index (χ3n) is 2.48. The SMILES string of the molecule is CN(CCO)Cc1c(Cl)nc2ccccn12. The van der Waals surface area contributed by atoms with Crippen molar-refractivity contribution in [1.29, 1.82) is 0 Å². The number of imidazole rings is 1. The number of hydrogen-bond acceptors (Lipinski definition) is 3. The van der Waals surface area contributed by atoms with Gasteiger partial charge in [-0.05, 0) is 19.2 Å². The van der Waals surface area contributed by atoms with Gasteiger partial charge in [0, 0.05) is 19.3 Å². The first kappa shape index (κ1) is 11.4. The molecule has 0 saturated carbocycles. The zero-order chi connectivity index (χ0) is 11.5. The molecule has 2 aromatic heterocycles. The Morgan fingerprint density at radius 2 is 2.31 bits per heavy atom. The van der Waals surface area contributed by atoms with Crippen molar-refractivity contribution in [2.75, 3.05) is 20.2 Å². The molecule has 16 heavy (non-hydrogen) atoms. The van der Waals surface area contributed by atoms with Crippen LogP contribution in [0.3, 0.4) is 0 Å². The van der Waals surface area contributed by atoms with Crippen LogP contribution in [-0.4, -0.2) is 39.6 Å². The summed E-state index contributed by atoms with van der Waals surface area (Å²) in [7, 11) is 1.94. The van der Waals surface area contributed by atoms with Crippen LogP contribution >= 0.6 is 11.6 Å². The van der Waals surface area contributed by atoms with Crippen LogP contribution in [0.25, 0.3) is 5.65 Å². The first-order valence-electron chi connectivity index (χ1n) is 5.13. The second-order valence-electron chi connectivity index (χ2n) is 3.74. The second kappa shape index (κ2) is 4.82. The van der Waals surface area contributed by atoms with E-state index in [0.29, 0.717) is 18.2 Å². The van der Waals surface area contributed by atoms with Gasteiger partial charge in [-0.25, -0.2) is 4.98 Å². The van der Waals surface area contributed by atoms with Gasteiger partial charge in [0.1, 0.15) is 5.65 Å². The van der Waals surface area contributed by atoms with Crippen LogP contribution in [0.15, 0.2) is 24.4 Å². The topological polar surface area (TPSA) is 40.8 Å². The van der Waals surface area contributed by atoms with Gasteiger partial charge in [0.25, 0.3) is 0 Å². The minimum Gasteiger partial charge on any atom is -0.395 e. The Labute approximate surface area is 99.1 Å². The minimum absolute atomic E-state index is 0.144. The number of nitrogens with zero attached hydrogens (tertiary/aromatic N) is 3. The first-order valence-corrected chi connectivity index (χ1v) is 5.51. The summed E-state index contributed by atoms with van der Waals surface area (Å²) in [5.74, 6) is 0. The van der Waals surface area contributed by atoms with Gasteiger partial charge in [-0.15, -0.1) is 0 Å². The summed E-state index contributed by atoms with van der Waals surface area (Å²) >= 11 is 6.09. The van der Waals surface area contributed by atoms with Crippen LogP contribution in [-0.2, 0) is 6.54 Å². The fourth-order valence-electron chi connectivity index (χ4n) is 1.66. The second-order valence-corrected chi connectivity index (χ2v) is 4.10. The van der Waals surface area contributed by atoms with Crippen molar-refractivity contribution in [3.63, 3.8) is 0 Å². The van der Waals surface area contributed by atoms with Crippen molar-refractivity contribution in [1.82, 2.24) is 14.3 Å². The Kier molecular flexibility index (Phi) is 3.43. The number of halogens is 1. The highest BCUT2D eigenvalue weighted by atomic mass is 35.5. The summed E-state index contributed by atoms with van der Waals surface area (Å²) in [4.78, 5) is 6.27. The van der Waals surface area contributed by atoms with Crippen molar-refractivity contribution in [3.8, 4) is 0 Å². The molecule has 0 unspecified atom stereocenters. The summed E-state index contributed by atoms with van der Waals surface area (Å²) in [6, 6.07) is 5.79. The van der Waals surface area contributed by atoms with E-state index in [-0.39, 0.29) is 6.61 Å². The standard InChI is InChI=1S/C11H14ClN3O/c1-14(6-7-16)8-9-11(12)13-10-4-2-3-5-15(9)10/h2-5,16H,6-8H2,1H3. The quantitative estimate of drug-likeness (QED) is 0.877. The van der Waals surface area contributed by atoms with E-state index < -0.39 is 0 Å². The lowest BCUT2D eigenvalue weighted by Gasteiger charge is -2.14. The molecule has 5 heteroatoms. The van der Waals surface area contributed by atoms with Crippen molar-refractivity contribution >= 4 is 17.2 Å². The van der Waals surface area contributed by atoms with Gasteiger partial charge in [-0.2, -0.15) is 0 Å². The molecule has 86 valence electrons. The molecule has 1 N–H and O–H groups in total. The Balaban J connectivity index is 2.32. The smallest absolute Gasteiger partial charge is 0.152 e. The third kappa shape index (κ3) is 2.19. The summed E-state index contributed by atoms with van der Waals surface area (Å²) in [5, 5.41) is 9.37. The average Bonchev–Trinajstić information content (AvgIpc) is 2.56. The predicted molar refractivity (Wildman–Crippen MR) is 63.6 cm³/mol. The monoisotopic (exact) mass is 239 g/mol. The summed E-state index contributed by atoms with van der Waals surface area (Å²) in [6.07, 6.45) is 1.94. The number of hydrogen-bond donors (Lipinski definition) is 1. The maximum absolute atomic E-state index is 8.85. The molecular formula is C11H14ClN3O. The lowest BCUT2D eigenvalue weighted by atomic mass is 10.4. The van der Waals surface area contributed by atoms with Gasteiger partial charge in [-0.1, -0.05) is 17.7 Å². The molecule has 2 aromatic rings. The molecule has 4 nitrogen and oxygen atoms in total. The van der Waals surface area contributed by atoms with Gasteiger partial charge in [0.15, 0.2) is 5.15 Å². The van der Waals surface area contributed by atoms with Gasteiger partial charge in [0.2, 0.25) is 0 Å². The van der Waals surface area contributed by atoms with E-state index in [2.05, 4.69) is 4.98 Å². The highest BCUT2D eigenvalue weighted by Gasteiger charge is 2.11. The van der Waals surface area contributed by atoms with Crippen molar-refractivity contribution < 1.29 is 5.11 Å². The van der Waals surface area contributed by atoms with Crippen LogP contribution in [0.5, 0.6) is 0 Å². The maximum atomic E-state index is 8.85. The number of likely N-dealkylation sites (N-methyl/N-ethyl adjacent to an activating group) is 1. The zero-order valence-electron chi connectivity index (χ0n) is 9.10. The van der Waals surface area contributed by atoms with Crippen molar-refractivity contribution in [3.05, 3.63) is 35.2 Å². The Hall–Kier alpha value is -1.10. The molecule has 0 spiro atoms. The summed E-state index contributed by atoms with van der Waals surface area (Å²) in [6.45, 7) is 1.44. The van der Waals surface area contributed by atoms with Gasteiger partial charge in [-0.3, -0.25) is 4.90 Å². The fraction of sp³-hybridized carbons (Fsp3) is 0.364. The summed E-state index contributed by atoms with van der Waals surface area (Å²) < 4.78 is 1.97. The Bertz CT molecular complexity index is 483. The first-order chi connectivity index (χ1) is 7.72. The number of aliphatic hydroxyl groups excluding tert-OH is 1. The molecule has 0 fully saturated rings. The molecule has 0 saturated heterocycles. The third-order valence-corrected chi connectivity index (χ3v) is 2.78. The van der Waals surface area contributed by atoms with E-state index in [1.165, 1.54) is 0 Å². The van der Waals surface area contributed by atoms with E-state index in [0.717, 1.165) is 11.3 Å². The fourth-order valence-corrected chi connectivity index (χ4v) is 1.90. The number of aromatic nitrogens is 2. The van der Waals surface area contributed by atoms with Gasteiger partial charge < -0.3 is 9.51 Å². The lowest BCUT2D eigenvalue weighted by Crippen LogP contribution is -2.22. The van der Waals surface area contributed by atoms with E-state index in [1.54, 1.807) is 0 Å².